The van der Waals surface area contributed by atoms with E-state index in [9.17, 15) is 4.79 Å². The number of primary amides is 1. The number of nitrogens with two attached hydrogens (primary N) is 2. The molecule has 0 radical (unpaired) electrons. The van der Waals surface area contributed by atoms with Gasteiger partial charge in [-0.1, -0.05) is 0 Å². The van der Waals surface area contributed by atoms with E-state index in [1.807, 2.05) is 24.3 Å². The van der Waals surface area contributed by atoms with Crippen LogP contribution in [0.15, 0.2) is 29.3 Å². The number of carbonyl (C=O) groups is 1. The molecule has 7 heteroatoms. The Morgan fingerprint density at radius 1 is 1.24 bits per heavy atom. The van der Waals surface area contributed by atoms with Gasteiger partial charge >= 0.3 is 0 Å². The Kier molecular flexibility index (Phi) is 7.53. The predicted molar refractivity (Wildman–Crippen MR) is 101 cm³/mol. The van der Waals surface area contributed by atoms with Gasteiger partial charge in [0.2, 0.25) is 5.91 Å². The van der Waals surface area contributed by atoms with E-state index in [1.165, 1.54) is 0 Å². The molecular formula is C18H29N5O2. The SMILES string of the molecule is COc1ccc(NC(N)=NCCCCN2CCC(C(N)=O)CC2)cc1. The van der Waals surface area contributed by atoms with E-state index in [0.29, 0.717) is 12.5 Å². The van der Waals surface area contributed by atoms with Gasteiger partial charge in [-0.2, -0.15) is 0 Å². The van der Waals surface area contributed by atoms with E-state index in [4.69, 9.17) is 16.2 Å². The van der Waals surface area contributed by atoms with Gasteiger partial charge in [0.05, 0.1) is 7.11 Å². The lowest BCUT2D eigenvalue weighted by atomic mass is 9.96. The summed E-state index contributed by atoms with van der Waals surface area (Å²) in [5, 5.41) is 3.07. The predicted octanol–water partition coefficient (Wildman–Crippen LogP) is 1.40. The second-order valence-electron chi connectivity index (χ2n) is 6.35. The molecule has 1 heterocycles. The second-order valence-corrected chi connectivity index (χ2v) is 6.35. The minimum absolute atomic E-state index is 0.0599. The van der Waals surface area contributed by atoms with Gasteiger partial charge in [0.1, 0.15) is 5.75 Å². The number of amides is 1. The van der Waals surface area contributed by atoms with Gasteiger partial charge in [-0.15, -0.1) is 0 Å². The highest BCUT2D eigenvalue weighted by molar-refractivity contribution is 5.92. The largest absolute Gasteiger partial charge is 0.497 e. The molecule has 0 aromatic heterocycles. The Balaban J connectivity index is 1.60. The molecule has 25 heavy (non-hydrogen) atoms. The van der Waals surface area contributed by atoms with E-state index >= 15 is 0 Å². The summed E-state index contributed by atoms with van der Waals surface area (Å²) in [6, 6.07) is 7.54. The lowest BCUT2D eigenvalue weighted by Gasteiger charge is -2.30. The molecule has 0 atom stereocenters. The van der Waals surface area contributed by atoms with Crippen LogP contribution < -0.4 is 21.5 Å². The number of benzene rings is 1. The molecule has 1 aromatic carbocycles. The second kappa shape index (κ2) is 9.88. The van der Waals surface area contributed by atoms with Crippen molar-refractivity contribution in [3.05, 3.63) is 24.3 Å². The van der Waals surface area contributed by atoms with Crippen molar-refractivity contribution in [2.75, 3.05) is 38.6 Å². The maximum absolute atomic E-state index is 11.2. The lowest BCUT2D eigenvalue weighted by molar-refractivity contribution is -0.123. The van der Waals surface area contributed by atoms with Gasteiger partial charge in [0.15, 0.2) is 5.96 Å². The number of aliphatic imine (C=N–C) groups is 1. The molecule has 0 unspecified atom stereocenters. The number of nitrogens with zero attached hydrogens (tertiary/aromatic N) is 2. The van der Waals surface area contributed by atoms with Gasteiger partial charge in [0.25, 0.3) is 0 Å². The minimum atomic E-state index is -0.158. The first-order chi connectivity index (χ1) is 12.1. The van der Waals surface area contributed by atoms with Gasteiger partial charge in [-0.05, 0) is 69.6 Å². The highest BCUT2D eigenvalue weighted by atomic mass is 16.5. The van der Waals surface area contributed by atoms with Crippen molar-refractivity contribution in [2.45, 2.75) is 25.7 Å². The Labute approximate surface area is 149 Å². The van der Waals surface area contributed by atoms with Gasteiger partial charge in [-0.3, -0.25) is 9.79 Å². The molecule has 1 saturated heterocycles. The zero-order valence-corrected chi connectivity index (χ0v) is 14.9. The number of hydrogen-bond acceptors (Lipinski definition) is 4. The third kappa shape index (κ3) is 6.62. The van der Waals surface area contributed by atoms with E-state index in [0.717, 1.165) is 56.8 Å². The minimum Gasteiger partial charge on any atom is -0.497 e. The third-order valence-corrected chi connectivity index (χ3v) is 4.52. The summed E-state index contributed by atoms with van der Waals surface area (Å²) in [6.45, 7) is 3.65. The number of likely N-dealkylation sites (tertiary alicyclic amines) is 1. The number of methoxy groups -OCH3 is 1. The van der Waals surface area contributed by atoms with Crippen molar-refractivity contribution in [2.24, 2.45) is 22.4 Å². The Morgan fingerprint density at radius 2 is 1.92 bits per heavy atom. The molecule has 1 aliphatic heterocycles. The molecule has 0 aliphatic carbocycles. The highest BCUT2D eigenvalue weighted by Gasteiger charge is 2.22. The Bertz CT molecular complexity index is 565. The molecule has 0 spiro atoms. The summed E-state index contributed by atoms with van der Waals surface area (Å²) < 4.78 is 5.12. The summed E-state index contributed by atoms with van der Waals surface area (Å²) in [4.78, 5) is 17.9. The molecule has 5 N–H and O–H groups in total. The first-order valence-electron chi connectivity index (χ1n) is 8.81. The summed E-state index contributed by atoms with van der Waals surface area (Å²) in [5.74, 6) is 1.13. The summed E-state index contributed by atoms with van der Waals surface area (Å²) in [5.41, 5.74) is 12.1. The molecule has 7 nitrogen and oxygen atoms in total. The fraction of sp³-hybridized carbons (Fsp3) is 0.556. The zero-order chi connectivity index (χ0) is 18.1. The van der Waals surface area contributed by atoms with Crippen molar-refractivity contribution >= 4 is 17.6 Å². The fourth-order valence-corrected chi connectivity index (χ4v) is 2.95. The molecule has 0 bridgehead atoms. The third-order valence-electron chi connectivity index (χ3n) is 4.52. The number of ether oxygens (including phenoxy) is 1. The van der Waals surface area contributed by atoms with Crippen LogP contribution in [0.2, 0.25) is 0 Å². The van der Waals surface area contributed by atoms with E-state index in [2.05, 4.69) is 15.2 Å². The lowest BCUT2D eigenvalue weighted by Crippen LogP contribution is -2.38. The first-order valence-corrected chi connectivity index (χ1v) is 8.81. The van der Waals surface area contributed by atoms with Gasteiger partial charge in [0, 0.05) is 18.2 Å². The average molecular weight is 347 g/mol. The molecule has 2 rings (SSSR count). The standard InChI is InChI=1S/C18H29N5O2/c1-25-16-6-4-15(5-7-16)22-18(20)21-10-2-3-11-23-12-8-14(9-13-23)17(19)24/h4-7,14H,2-3,8-13H2,1H3,(H2,19,24)(H3,20,21,22). The summed E-state index contributed by atoms with van der Waals surface area (Å²) in [7, 11) is 1.64. The number of nitrogens with one attached hydrogen (secondary N) is 1. The zero-order valence-electron chi connectivity index (χ0n) is 14.9. The van der Waals surface area contributed by atoms with Crippen LogP contribution in [-0.2, 0) is 4.79 Å². The van der Waals surface area contributed by atoms with Crippen LogP contribution in [-0.4, -0.2) is 50.1 Å². The quantitative estimate of drug-likeness (QED) is 0.374. The van der Waals surface area contributed by atoms with Crippen LogP contribution in [0.4, 0.5) is 5.69 Å². The number of unbranched alkanes of at least 4 members (excludes halogenated alkanes) is 1. The molecule has 1 aromatic rings. The van der Waals surface area contributed by atoms with Crippen LogP contribution in [0.3, 0.4) is 0 Å². The van der Waals surface area contributed by atoms with Crippen molar-refractivity contribution in [1.29, 1.82) is 0 Å². The van der Waals surface area contributed by atoms with E-state index < -0.39 is 0 Å². The highest BCUT2D eigenvalue weighted by Crippen LogP contribution is 2.17. The number of anilines is 1. The molecule has 1 fully saturated rings. The topological polar surface area (TPSA) is 106 Å². The number of hydrogen-bond donors (Lipinski definition) is 3. The molecule has 1 amide bonds. The van der Waals surface area contributed by atoms with Crippen molar-refractivity contribution in [3.8, 4) is 5.75 Å². The maximum atomic E-state index is 11.2. The van der Waals surface area contributed by atoms with Crippen LogP contribution in [0.25, 0.3) is 0 Å². The van der Waals surface area contributed by atoms with Crippen LogP contribution in [0.5, 0.6) is 5.75 Å². The van der Waals surface area contributed by atoms with Gasteiger partial charge < -0.3 is 26.4 Å². The molecule has 1 aliphatic rings. The normalized spacial score (nSPS) is 16.6. The summed E-state index contributed by atoms with van der Waals surface area (Å²) >= 11 is 0. The van der Waals surface area contributed by atoms with Crippen LogP contribution in [0, 0.1) is 5.92 Å². The van der Waals surface area contributed by atoms with Crippen molar-refractivity contribution in [1.82, 2.24) is 4.90 Å². The summed E-state index contributed by atoms with van der Waals surface area (Å²) in [6.07, 6.45) is 3.82. The van der Waals surface area contributed by atoms with Crippen molar-refractivity contribution in [3.63, 3.8) is 0 Å². The van der Waals surface area contributed by atoms with E-state index in [-0.39, 0.29) is 11.8 Å². The maximum Gasteiger partial charge on any atom is 0.220 e. The average Bonchev–Trinajstić information content (AvgIpc) is 2.62. The molecule has 138 valence electrons. The van der Waals surface area contributed by atoms with Gasteiger partial charge in [-0.25, -0.2) is 0 Å². The number of guanidine groups is 1. The van der Waals surface area contributed by atoms with E-state index in [1.54, 1.807) is 7.11 Å². The number of carbonyl (C=O) groups excluding carboxylic acids is 1. The fourth-order valence-electron chi connectivity index (χ4n) is 2.95. The monoisotopic (exact) mass is 347 g/mol. The molecule has 0 saturated carbocycles. The number of rotatable bonds is 8. The van der Waals surface area contributed by atoms with Crippen LogP contribution in [0.1, 0.15) is 25.7 Å². The first kappa shape index (κ1) is 19.1. The van der Waals surface area contributed by atoms with Crippen LogP contribution >= 0.6 is 0 Å². The molecular weight excluding hydrogens is 318 g/mol. The smallest absolute Gasteiger partial charge is 0.220 e. The Hall–Kier alpha value is -2.28. The van der Waals surface area contributed by atoms with Crippen molar-refractivity contribution < 1.29 is 9.53 Å². The number of piperidine rings is 1. The Morgan fingerprint density at radius 3 is 2.52 bits per heavy atom.